The maximum absolute atomic E-state index is 8.76. The first-order chi connectivity index (χ1) is 9.24. The van der Waals surface area contributed by atoms with E-state index in [2.05, 4.69) is 32.0 Å². The Morgan fingerprint density at radius 3 is 2.63 bits per heavy atom. The maximum atomic E-state index is 8.76. The summed E-state index contributed by atoms with van der Waals surface area (Å²) in [5.74, 6) is 0. The summed E-state index contributed by atoms with van der Waals surface area (Å²) >= 11 is 3.41. The number of likely N-dealkylation sites (tertiary alicyclic amines) is 1. The molecule has 19 heavy (non-hydrogen) atoms. The van der Waals surface area contributed by atoms with E-state index in [4.69, 9.17) is 5.26 Å². The van der Waals surface area contributed by atoms with Gasteiger partial charge in [-0.15, -0.1) is 0 Å². The van der Waals surface area contributed by atoms with Gasteiger partial charge in [-0.25, -0.2) is 0 Å². The van der Waals surface area contributed by atoms with Gasteiger partial charge in [0.1, 0.15) is 0 Å². The van der Waals surface area contributed by atoms with Crippen LogP contribution >= 0.6 is 15.9 Å². The van der Waals surface area contributed by atoms with Gasteiger partial charge in [-0.05, 0) is 33.6 Å². The highest BCUT2D eigenvalue weighted by atomic mass is 79.9. The summed E-state index contributed by atoms with van der Waals surface area (Å²) in [5, 5.41) is 13.1. The van der Waals surface area contributed by atoms with Crippen molar-refractivity contribution < 1.29 is 0 Å². The fourth-order valence-electron chi connectivity index (χ4n) is 2.30. The van der Waals surface area contributed by atoms with Crippen molar-refractivity contribution >= 4 is 15.9 Å². The van der Waals surface area contributed by atoms with Crippen molar-refractivity contribution in [1.29, 1.82) is 5.26 Å². The van der Waals surface area contributed by atoms with E-state index in [1.54, 1.807) is 0 Å². The van der Waals surface area contributed by atoms with E-state index in [1.165, 1.54) is 5.56 Å². The van der Waals surface area contributed by atoms with Gasteiger partial charge in [-0.3, -0.25) is 9.58 Å². The van der Waals surface area contributed by atoms with Crippen LogP contribution in [-0.4, -0.2) is 27.8 Å². The van der Waals surface area contributed by atoms with Crippen LogP contribution in [0.25, 0.3) is 0 Å². The Labute approximate surface area is 120 Å². The molecule has 0 N–H and O–H groups in total. The summed E-state index contributed by atoms with van der Waals surface area (Å²) in [6.45, 7) is 2.98. The van der Waals surface area contributed by atoms with Gasteiger partial charge >= 0.3 is 0 Å². The number of rotatable bonds is 3. The standard InChI is InChI=1S/C14H13BrN4/c15-13-6-17-19(8-13)14-9-18(10-14)7-12-3-1-11(5-16)2-4-12/h1-4,6,8,14H,7,9-10H2. The van der Waals surface area contributed by atoms with Gasteiger partial charge in [0, 0.05) is 25.8 Å². The van der Waals surface area contributed by atoms with E-state index in [0.717, 1.165) is 24.1 Å². The first-order valence-corrected chi connectivity index (χ1v) is 6.95. The molecule has 3 rings (SSSR count). The van der Waals surface area contributed by atoms with Gasteiger partial charge in [0.2, 0.25) is 0 Å². The Morgan fingerprint density at radius 2 is 2.05 bits per heavy atom. The Morgan fingerprint density at radius 1 is 1.32 bits per heavy atom. The molecule has 0 spiro atoms. The summed E-state index contributed by atoms with van der Waals surface area (Å²) in [7, 11) is 0. The molecule has 0 bridgehead atoms. The van der Waals surface area contributed by atoms with Crippen LogP contribution in [0.3, 0.4) is 0 Å². The van der Waals surface area contributed by atoms with Gasteiger partial charge in [-0.1, -0.05) is 12.1 Å². The summed E-state index contributed by atoms with van der Waals surface area (Å²) in [6.07, 6.45) is 3.84. The molecular weight excluding hydrogens is 304 g/mol. The smallest absolute Gasteiger partial charge is 0.0991 e. The van der Waals surface area contributed by atoms with Crippen molar-refractivity contribution in [3.05, 3.63) is 52.3 Å². The number of hydrogen-bond acceptors (Lipinski definition) is 3. The number of nitriles is 1. The molecule has 0 unspecified atom stereocenters. The molecule has 1 aromatic carbocycles. The lowest BCUT2D eigenvalue weighted by molar-refractivity contribution is 0.0909. The van der Waals surface area contributed by atoms with Crippen LogP contribution in [0.1, 0.15) is 17.2 Å². The summed E-state index contributed by atoms with van der Waals surface area (Å²) in [4.78, 5) is 2.38. The highest BCUT2D eigenvalue weighted by molar-refractivity contribution is 9.10. The third-order valence-electron chi connectivity index (χ3n) is 3.37. The van der Waals surface area contributed by atoms with Crippen LogP contribution in [0.5, 0.6) is 0 Å². The number of benzene rings is 1. The zero-order valence-corrected chi connectivity index (χ0v) is 11.9. The number of nitrogens with zero attached hydrogens (tertiary/aromatic N) is 4. The van der Waals surface area contributed by atoms with E-state index in [9.17, 15) is 0 Å². The monoisotopic (exact) mass is 316 g/mol. The normalized spacial score (nSPS) is 16.0. The molecule has 0 radical (unpaired) electrons. The van der Waals surface area contributed by atoms with Crippen LogP contribution in [0.15, 0.2) is 41.1 Å². The van der Waals surface area contributed by atoms with Crippen LogP contribution in [-0.2, 0) is 6.54 Å². The Hall–Kier alpha value is -1.64. The molecular formula is C14H13BrN4. The minimum Gasteiger partial charge on any atom is -0.295 e. The van der Waals surface area contributed by atoms with Gasteiger partial charge in [0.25, 0.3) is 0 Å². The molecule has 1 aromatic heterocycles. The molecule has 1 aliphatic heterocycles. The summed E-state index contributed by atoms with van der Waals surface area (Å²) < 4.78 is 3.04. The Balaban J connectivity index is 1.55. The van der Waals surface area contributed by atoms with Crippen LogP contribution in [0.4, 0.5) is 0 Å². The SMILES string of the molecule is N#Cc1ccc(CN2CC(n3cc(Br)cn3)C2)cc1. The minimum atomic E-state index is 0.477. The molecule has 0 aliphatic carbocycles. The van der Waals surface area contributed by atoms with Crippen LogP contribution < -0.4 is 0 Å². The van der Waals surface area contributed by atoms with E-state index in [1.807, 2.05) is 41.3 Å². The lowest BCUT2D eigenvalue weighted by atomic mass is 10.1. The lowest BCUT2D eigenvalue weighted by Crippen LogP contribution is -2.47. The molecule has 2 heterocycles. The minimum absolute atomic E-state index is 0.477. The largest absolute Gasteiger partial charge is 0.295 e. The zero-order valence-electron chi connectivity index (χ0n) is 10.3. The predicted molar refractivity (Wildman–Crippen MR) is 75.4 cm³/mol. The molecule has 5 heteroatoms. The molecule has 96 valence electrons. The Bertz CT molecular complexity index is 605. The third kappa shape index (κ3) is 2.70. The highest BCUT2D eigenvalue weighted by Crippen LogP contribution is 2.23. The fourth-order valence-corrected chi connectivity index (χ4v) is 2.60. The zero-order chi connectivity index (χ0) is 13.2. The van der Waals surface area contributed by atoms with E-state index >= 15 is 0 Å². The van der Waals surface area contributed by atoms with Gasteiger partial charge < -0.3 is 0 Å². The van der Waals surface area contributed by atoms with Gasteiger partial charge in [0.05, 0.1) is 28.3 Å². The first kappa shape index (κ1) is 12.4. The highest BCUT2D eigenvalue weighted by Gasteiger charge is 2.28. The van der Waals surface area contributed by atoms with Crippen molar-refractivity contribution in [2.24, 2.45) is 0 Å². The van der Waals surface area contributed by atoms with Crippen molar-refractivity contribution in [2.45, 2.75) is 12.6 Å². The number of aromatic nitrogens is 2. The van der Waals surface area contributed by atoms with Crippen molar-refractivity contribution in [2.75, 3.05) is 13.1 Å². The average Bonchev–Trinajstić information content (AvgIpc) is 2.80. The average molecular weight is 317 g/mol. The number of hydrogen-bond donors (Lipinski definition) is 0. The van der Waals surface area contributed by atoms with Crippen LogP contribution in [0, 0.1) is 11.3 Å². The quantitative estimate of drug-likeness (QED) is 0.874. The van der Waals surface area contributed by atoms with E-state index in [0.29, 0.717) is 11.6 Å². The fraction of sp³-hybridized carbons (Fsp3) is 0.286. The summed E-state index contributed by atoms with van der Waals surface area (Å²) in [6, 6.07) is 10.4. The third-order valence-corrected chi connectivity index (χ3v) is 3.78. The first-order valence-electron chi connectivity index (χ1n) is 6.15. The second-order valence-electron chi connectivity index (χ2n) is 4.80. The van der Waals surface area contributed by atoms with E-state index < -0.39 is 0 Å². The Kier molecular flexibility index (Phi) is 3.36. The van der Waals surface area contributed by atoms with Crippen molar-refractivity contribution in [1.82, 2.24) is 14.7 Å². The molecule has 1 saturated heterocycles. The van der Waals surface area contributed by atoms with Crippen LogP contribution in [0.2, 0.25) is 0 Å². The predicted octanol–water partition coefficient (Wildman–Crippen LogP) is 2.57. The molecule has 0 saturated carbocycles. The molecule has 0 atom stereocenters. The molecule has 1 aliphatic rings. The molecule has 1 fully saturated rings. The summed E-state index contributed by atoms with van der Waals surface area (Å²) in [5.41, 5.74) is 1.96. The van der Waals surface area contributed by atoms with Gasteiger partial charge in [-0.2, -0.15) is 10.4 Å². The van der Waals surface area contributed by atoms with Crippen molar-refractivity contribution in [3.8, 4) is 6.07 Å². The second kappa shape index (κ2) is 5.16. The van der Waals surface area contributed by atoms with E-state index in [-0.39, 0.29) is 0 Å². The molecule has 0 amide bonds. The molecule has 4 nitrogen and oxygen atoms in total. The van der Waals surface area contributed by atoms with Crippen molar-refractivity contribution in [3.63, 3.8) is 0 Å². The lowest BCUT2D eigenvalue weighted by Gasteiger charge is -2.39. The second-order valence-corrected chi connectivity index (χ2v) is 5.71. The molecule has 2 aromatic rings. The topological polar surface area (TPSA) is 44.9 Å². The maximum Gasteiger partial charge on any atom is 0.0991 e. The van der Waals surface area contributed by atoms with Gasteiger partial charge in [0.15, 0.2) is 0 Å². The number of halogens is 1.